The third-order valence-electron chi connectivity index (χ3n) is 3.24. The van der Waals surface area contributed by atoms with Gasteiger partial charge in [-0.15, -0.1) is 0 Å². The lowest BCUT2D eigenvalue weighted by Crippen LogP contribution is -2.40. The zero-order chi connectivity index (χ0) is 13.0. The highest BCUT2D eigenvalue weighted by Crippen LogP contribution is 2.36. The largest absolute Gasteiger partial charge is 0.413 e. The summed E-state index contributed by atoms with van der Waals surface area (Å²) >= 11 is 0. The van der Waals surface area contributed by atoms with Gasteiger partial charge in [0, 0.05) is 0 Å². The van der Waals surface area contributed by atoms with Crippen molar-refractivity contribution in [3.63, 3.8) is 0 Å². The highest BCUT2D eigenvalue weighted by atomic mass is 28.4. The van der Waals surface area contributed by atoms with Crippen LogP contribution >= 0.6 is 0 Å². The molecule has 0 aliphatic carbocycles. The molecule has 0 aliphatic heterocycles. The molecule has 2 heteroatoms. The van der Waals surface area contributed by atoms with Gasteiger partial charge in [-0.2, -0.15) is 0 Å². The lowest BCUT2D eigenvalue weighted by Gasteiger charge is -2.35. The van der Waals surface area contributed by atoms with Crippen LogP contribution in [0.25, 0.3) is 0 Å². The van der Waals surface area contributed by atoms with Crippen LogP contribution in [-0.4, -0.2) is 14.9 Å². The average Bonchev–Trinajstić information content (AvgIpc) is 1.98. The summed E-state index contributed by atoms with van der Waals surface area (Å²) in [5, 5.41) is 0.310. The summed E-state index contributed by atoms with van der Waals surface area (Å²) in [6, 6.07) is 0. The lowest BCUT2D eigenvalue weighted by atomic mass is 9.92. The molecule has 0 spiro atoms. The number of rotatable bonds is 4. The van der Waals surface area contributed by atoms with Gasteiger partial charge in [0.1, 0.15) is 0 Å². The van der Waals surface area contributed by atoms with Gasteiger partial charge in [0.15, 0.2) is 8.32 Å². The van der Waals surface area contributed by atoms with Crippen LogP contribution < -0.4 is 0 Å². The van der Waals surface area contributed by atoms with Gasteiger partial charge >= 0.3 is 0 Å². The van der Waals surface area contributed by atoms with E-state index >= 15 is 0 Å². The quantitative estimate of drug-likeness (QED) is 0.498. The second kappa shape index (κ2) is 5.50. The Morgan fingerprint density at radius 1 is 0.938 bits per heavy atom. The molecule has 0 saturated carbocycles. The van der Waals surface area contributed by atoms with Crippen molar-refractivity contribution < 1.29 is 4.43 Å². The van der Waals surface area contributed by atoms with Crippen LogP contribution in [0, 0.1) is 5.41 Å². The van der Waals surface area contributed by atoms with E-state index in [0.29, 0.717) is 10.5 Å². The second-order valence-electron chi connectivity index (χ2n) is 7.31. The molecule has 0 bridgehead atoms. The van der Waals surface area contributed by atoms with E-state index in [4.69, 9.17) is 4.43 Å². The highest BCUT2D eigenvalue weighted by Gasteiger charge is 2.36. The fourth-order valence-electron chi connectivity index (χ4n) is 0.978. The van der Waals surface area contributed by atoms with Gasteiger partial charge in [0.25, 0.3) is 0 Å². The smallest absolute Gasteiger partial charge is 0.192 e. The number of hydrogen-bond acceptors (Lipinski definition) is 1. The standard InChI is InChI=1S/C14H30OSi/c1-13(2,3)11-9-10-12-15-16(7,8)14(4,5)6/h9-10H,11-12H2,1-8H3/b10-9-. The van der Waals surface area contributed by atoms with Crippen molar-refractivity contribution in [2.45, 2.75) is 66.1 Å². The third-order valence-corrected chi connectivity index (χ3v) is 7.74. The molecule has 0 saturated heterocycles. The molecule has 0 atom stereocenters. The molecule has 0 aromatic rings. The minimum atomic E-state index is -1.55. The number of allylic oxidation sites excluding steroid dienone is 1. The van der Waals surface area contributed by atoms with Gasteiger partial charge in [-0.05, 0) is 30.0 Å². The molecule has 0 unspecified atom stereocenters. The molecule has 16 heavy (non-hydrogen) atoms. The van der Waals surface area contributed by atoms with Crippen molar-refractivity contribution in [2.75, 3.05) is 6.61 Å². The maximum Gasteiger partial charge on any atom is 0.192 e. The van der Waals surface area contributed by atoms with Crippen molar-refractivity contribution in [2.24, 2.45) is 5.41 Å². The van der Waals surface area contributed by atoms with E-state index < -0.39 is 8.32 Å². The van der Waals surface area contributed by atoms with Crippen molar-refractivity contribution in [3.8, 4) is 0 Å². The van der Waals surface area contributed by atoms with Crippen LogP contribution in [0.3, 0.4) is 0 Å². The Bertz CT molecular complexity index is 228. The van der Waals surface area contributed by atoms with E-state index in [1.165, 1.54) is 0 Å². The van der Waals surface area contributed by atoms with Crippen LogP contribution in [0.2, 0.25) is 18.1 Å². The Morgan fingerprint density at radius 2 is 1.44 bits per heavy atom. The van der Waals surface area contributed by atoms with Gasteiger partial charge in [0.05, 0.1) is 6.61 Å². The van der Waals surface area contributed by atoms with Gasteiger partial charge in [-0.3, -0.25) is 0 Å². The first-order valence-electron chi connectivity index (χ1n) is 6.25. The predicted octanol–water partition coefficient (Wildman–Crippen LogP) is 5.00. The molecule has 1 nitrogen and oxygen atoms in total. The fraction of sp³-hybridized carbons (Fsp3) is 0.857. The lowest BCUT2D eigenvalue weighted by molar-refractivity contribution is 0.326. The Hall–Kier alpha value is -0.0831. The van der Waals surface area contributed by atoms with Crippen LogP contribution in [0.1, 0.15) is 48.0 Å². The molecular formula is C14H30OSi. The monoisotopic (exact) mass is 242 g/mol. The third kappa shape index (κ3) is 6.49. The molecule has 0 amide bonds. The Labute approximate surface area is 103 Å². The van der Waals surface area contributed by atoms with E-state index in [2.05, 4.69) is 66.8 Å². The minimum Gasteiger partial charge on any atom is -0.413 e. The van der Waals surface area contributed by atoms with Crippen LogP contribution in [0.5, 0.6) is 0 Å². The Balaban J connectivity index is 4.00. The van der Waals surface area contributed by atoms with Crippen molar-refractivity contribution >= 4 is 8.32 Å². The second-order valence-corrected chi connectivity index (χ2v) is 12.1. The first-order chi connectivity index (χ1) is 6.96. The van der Waals surface area contributed by atoms with Crippen molar-refractivity contribution in [1.82, 2.24) is 0 Å². The molecular weight excluding hydrogens is 212 g/mol. The summed E-state index contributed by atoms with van der Waals surface area (Å²) in [4.78, 5) is 0. The summed E-state index contributed by atoms with van der Waals surface area (Å²) < 4.78 is 6.06. The maximum atomic E-state index is 6.06. The van der Waals surface area contributed by atoms with E-state index in [9.17, 15) is 0 Å². The van der Waals surface area contributed by atoms with E-state index in [-0.39, 0.29) is 0 Å². The number of hydrogen-bond donors (Lipinski definition) is 0. The molecule has 0 fully saturated rings. The summed E-state index contributed by atoms with van der Waals surface area (Å²) in [5.41, 5.74) is 0.382. The van der Waals surface area contributed by atoms with Gasteiger partial charge < -0.3 is 4.43 Å². The van der Waals surface area contributed by atoms with Crippen LogP contribution in [-0.2, 0) is 4.43 Å². The molecule has 0 aliphatic rings. The average molecular weight is 242 g/mol. The first-order valence-corrected chi connectivity index (χ1v) is 9.15. The van der Waals surface area contributed by atoms with Crippen molar-refractivity contribution in [3.05, 3.63) is 12.2 Å². The van der Waals surface area contributed by atoms with Crippen LogP contribution in [0.4, 0.5) is 0 Å². The van der Waals surface area contributed by atoms with E-state index in [0.717, 1.165) is 13.0 Å². The predicted molar refractivity (Wildman–Crippen MR) is 76.4 cm³/mol. The summed E-state index contributed by atoms with van der Waals surface area (Å²) in [7, 11) is -1.55. The normalized spacial score (nSPS) is 14.8. The topological polar surface area (TPSA) is 9.23 Å². The minimum absolute atomic E-state index is 0.310. The summed E-state index contributed by atoms with van der Waals surface area (Å²) in [6.45, 7) is 19.0. The molecule has 0 aromatic heterocycles. The van der Waals surface area contributed by atoms with E-state index in [1.807, 2.05) is 0 Å². The Morgan fingerprint density at radius 3 is 1.81 bits per heavy atom. The van der Waals surface area contributed by atoms with Gasteiger partial charge in [-0.25, -0.2) is 0 Å². The zero-order valence-electron chi connectivity index (χ0n) is 12.5. The van der Waals surface area contributed by atoms with E-state index in [1.54, 1.807) is 0 Å². The maximum absolute atomic E-state index is 6.06. The summed E-state index contributed by atoms with van der Waals surface area (Å²) in [6.07, 6.45) is 5.53. The highest BCUT2D eigenvalue weighted by molar-refractivity contribution is 6.74. The van der Waals surface area contributed by atoms with Gasteiger partial charge in [-0.1, -0.05) is 53.7 Å². The molecule has 96 valence electrons. The molecule has 0 rings (SSSR count). The molecule has 0 radical (unpaired) electrons. The fourth-order valence-corrected chi connectivity index (χ4v) is 1.92. The first kappa shape index (κ1) is 15.9. The van der Waals surface area contributed by atoms with Gasteiger partial charge in [0.2, 0.25) is 0 Å². The molecule has 0 heterocycles. The SMILES string of the molecule is CC(C)(C)C/C=C\CO[Si](C)(C)C(C)(C)C. The zero-order valence-corrected chi connectivity index (χ0v) is 13.5. The molecule has 0 aromatic carbocycles. The summed E-state index contributed by atoms with van der Waals surface area (Å²) in [5.74, 6) is 0. The van der Waals surface area contributed by atoms with Crippen LogP contribution in [0.15, 0.2) is 12.2 Å². The van der Waals surface area contributed by atoms with Crippen molar-refractivity contribution in [1.29, 1.82) is 0 Å². The molecule has 0 N–H and O–H groups in total. The Kier molecular flexibility index (Phi) is 5.47.